The highest BCUT2D eigenvalue weighted by Crippen LogP contribution is 2.45. The van der Waals surface area contributed by atoms with Crippen LogP contribution in [0.4, 0.5) is 0 Å². The minimum absolute atomic E-state index is 0.0178. The normalized spacial score (nSPS) is 18.1. The summed E-state index contributed by atoms with van der Waals surface area (Å²) in [5, 5.41) is 9.52. The monoisotopic (exact) mass is 552 g/mol. The highest BCUT2D eigenvalue weighted by atomic mass is 16.5. The lowest BCUT2D eigenvalue weighted by atomic mass is 9.85. The number of hydrogen-bond acceptors (Lipinski definition) is 5. The number of nitrogens with one attached hydrogen (secondary N) is 2. The molecule has 0 amide bonds. The van der Waals surface area contributed by atoms with Crippen LogP contribution in [0.2, 0.25) is 0 Å². The average Bonchev–Trinajstić information content (AvgIpc) is 3.61. The number of H-pyrrole nitrogens is 2. The van der Waals surface area contributed by atoms with Crippen molar-refractivity contribution in [3.8, 4) is 0 Å². The van der Waals surface area contributed by atoms with Gasteiger partial charge in [-0.15, -0.1) is 0 Å². The molecule has 3 aliphatic rings. The second kappa shape index (κ2) is 10.0. The topological polar surface area (TPSA) is 121 Å². The van der Waals surface area contributed by atoms with E-state index in [9.17, 15) is 14.7 Å². The zero-order valence-electron chi connectivity index (χ0n) is 24.5. The van der Waals surface area contributed by atoms with Crippen LogP contribution in [0.1, 0.15) is 103 Å². The molecule has 41 heavy (non-hydrogen) atoms. The molecule has 3 N–H and O–H groups in total. The molecule has 0 radical (unpaired) electrons. The number of carboxylic acid groups (broad SMARTS) is 1. The Morgan fingerprint density at radius 3 is 2.24 bits per heavy atom. The average molecular weight is 553 g/mol. The number of allylic oxidation sites excluding steroid dienone is 1. The number of nitrogens with zero attached hydrogens (tertiary/aromatic N) is 2. The number of cyclic esters (lactones) is 1. The quantitative estimate of drug-likeness (QED) is 0.300. The zero-order valence-corrected chi connectivity index (χ0v) is 24.5. The van der Waals surface area contributed by atoms with Crippen molar-refractivity contribution in [3.05, 3.63) is 68.8 Å². The molecule has 0 aromatic carbocycles. The largest absolute Gasteiger partial charge is 0.481 e. The van der Waals surface area contributed by atoms with Gasteiger partial charge in [0, 0.05) is 51.6 Å². The van der Waals surface area contributed by atoms with Gasteiger partial charge in [-0.1, -0.05) is 20.8 Å². The van der Waals surface area contributed by atoms with Crippen LogP contribution in [0.15, 0.2) is 18.2 Å². The van der Waals surface area contributed by atoms with Gasteiger partial charge in [0.2, 0.25) is 0 Å². The molecule has 8 heteroatoms. The Labute approximate surface area is 238 Å². The van der Waals surface area contributed by atoms with E-state index in [1.165, 1.54) is 22.3 Å². The molecule has 212 valence electrons. The molecule has 0 spiro atoms. The van der Waals surface area contributed by atoms with Crippen molar-refractivity contribution in [3.63, 3.8) is 0 Å². The van der Waals surface area contributed by atoms with E-state index in [1.807, 2.05) is 13.0 Å². The minimum Gasteiger partial charge on any atom is -0.481 e. The zero-order chi connectivity index (χ0) is 29.2. The third-order valence-corrected chi connectivity index (χ3v) is 9.19. The van der Waals surface area contributed by atoms with E-state index >= 15 is 0 Å². The molecule has 0 saturated heterocycles. The summed E-state index contributed by atoms with van der Waals surface area (Å²) in [5.74, 6) is -1.38. The summed E-state index contributed by atoms with van der Waals surface area (Å²) in [6.45, 7) is 12.7. The molecule has 6 heterocycles. The van der Waals surface area contributed by atoms with Crippen LogP contribution in [0.25, 0.3) is 33.2 Å². The Kier molecular flexibility index (Phi) is 6.59. The van der Waals surface area contributed by atoms with Gasteiger partial charge in [-0.05, 0) is 86.1 Å². The Morgan fingerprint density at radius 2 is 1.61 bits per heavy atom. The standard InChI is InChI=1S/C33H36N4O4/c1-7-19-15(3)23-11-25-17(5)21(9-10-29(38)39)31(36-25)22-14-41-33(40)30-18(6)26(37-32(22)30)13-28-20(8-2)16(4)24(35-28)12-27(19)34-23/h11-13,17,21,34-35H,7-10,14H2,1-6H3,(H,38,39)/t17-,21-/m0/s1. The highest BCUT2D eigenvalue weighted by molar-refractivity contribution is 6.26. The maximum absolute atomic E-state index is 13.0. The highest BCUT2D eigenvalue weighted by Gasteiger charge is 2.37. The van der Waals surface area contributed by atoms with Crippen LogP contribution in [0.3, 0.4) is 0 Å². The molecule has 0 saturated carbocycles. The van der Waals surface area contributed by atoms with Crippen molar-refractivity contribution < 1.29 is 19.4 Å². The Hall–Kier alpha value is -4.20. The number of aromatic nitrogens is 4. The predicted octanol–water partition coefficient (Wildman–Crippen LogP) is 6.80. The number of carbonyl (C=O) groups excluding carboxylic acids is 1. The van der Waals surface area contributed by atoms with Gasteiger partial charge in [0.25, 0.3) is 0 Å². The number of ether oxygens (including phenoxy) is 1. The number of carboxylic acids is 1. The van der Waals surface area contributed by atoms with Crippen LogP contribution in [-0.4, -0.2) is 37.0 Å². The molecule has 3 aromatic rings. The summed E-state index contributed by atoms with van der Waals surface area (Å²) in [4.78, 5) is 42.1. The van der Waals surface area contributed by atoms with Crippen molar-refractivity contribution in [2.75, 3.05) is 0 Å². The van der Waals surface area contributed by atoms with Gasteiger partial charge in [0.15, 0.2) is 0 Å². The van der Waals surface area contributed by atoms with E-state index in [4.69, 9.17) is 14.7 Å². The first-order valence-electron chi connectivity index (χ1n) is 14.5. The van der Waals surface area contributed by atoms with E-state index in [0.29, 0.717) is 17.7 Å². The molecule has 2 atom stereocenters. The summed E-state index contributed by atoms with van der Waals surface area (Å²) in [6, 6.07) is 6.33. The molecule has 8 bridgehead atoms. The third kappa shape index (κ3) is 4.28. The molecule has 3 aromatic heterocycles. The van der Waals surface area contributed by atoms with Crippen molar-refractivity contribution in [1.82, 2.24) is 19.9 Å². The first-order chi connectivity index (χ1) is 19.6. The minimum atomic E-state index is -0.840. The SMILES string of the molecule is CCc1c(C)c2cc3[nH]c(cc4nc(c5c6nc(cc1[nH]2)C(C)=C6C(=O)OC5)[C@@H](CCC(=O)O)[C@@H]4C)c(C)c3CC. The maximum Gasteiger partial charge on any atom is 0.341 e. The molecule has 0 aliphatic carbocycles. The van der Waals surface area contributed by atoms with Crippen LogP contribution in [0.5, 0.6) is 0 Å². The summed E-state index contributed by atoms with van der Waals surface area (Å²) in [5.41, 5.74) is 13.9. The lowest BCUT2D eigenvalue weighted by molar-refractivity contribution is -0.138. The summed E-state index contributed by atoms with van der Waals surface area (Å²) >= 11 is 0. The van der Waals surface area contributed by atoms with Crippen molar-refractivity contribution in [2.24, 2.45) is 0 Å². The summed E-state index contributed by atoms with van der Waals surface area (Å²) in [6.07, 6.45) is 2.20. The molecule has 6 rings (SSSR count). The summed E-state index contributed by atoms with van der Waals surface area (Å²) < 4.78 is 5.68. The molecule has 8 nitrogen and oxygen atoms in total. The number of aromatic amines is 2. The third-order valence-electron chi connectivity index (χ3n) is 9.19. The van der Waals surface area contributed by atoms with Crippen LogP contribution >= 0.6 is 0 Å². The van der Waals surface area contributed by atoms with Crippen LogP contribution in [0, 0.1) is 13.8 Å². The first-order valence-corrected chi connectivity index (χ1v) is 14.5. The number of rotatable bonds is 5. The number of carbonyl (C=O) groups is 2. The number of hydrogen-bond donors (Lipinski definition) is 3. The van der Waals surface area contributed by atoms with Crippen molar-refractivity contribution >= 4 is 45.2 Å². The van der Waals surface area contributed by atoms with E-state index in [1.54, 1.807) is 0 Å². The smallest absolute Gasteiger partial charge is 0.341 e. The molecular formula is C33H36N4O4. The molecular weight excluding hydrogens is 516 g/mol. The molecule has 3 aliphatic heterocycles. The lowest BCUT2D eigenvalue weighted by Gasteiger charge is -2.20. The number of aryl methyl sites for hydroxylation is 4. The lowest BCUT2D eigenvalue weighted by Crippen LogP contribution is -2.18. The van der Waals surface area contributed by atoms with Gasteiger partial charge in [-0.2, -0.15) is 0 Å². The van der Waals surface area contributed by atoms with E-state index in [-0.39, 0.29) is 30.8 Å². The fourth-order valence-electron chi connectivity index (χ4n) is 6.77. The maximum atomic E-state index is 13.0. The number of esters is 1. The van der Waals surface area contributed by atoms with Crippen molar-refractivity contribution in [1.29, 1.82) is 0 Å². The first kappa shape index (κ1) is 27.0. The Bertz CT molecular complexity index is 1820. The number of fused-ring (bicyclic) bond motifs is 8. The Morgan fingerprint density at radius 1 is 0.976 bits per heavy atom. The summed E-state index contributed by atoms with van der Waals surface area (Å²) in [7, 11) is 0. The fraction of sp³-hybridized carbons (Fsp3) is 0.394. The van der Waals surface area contributed by atoms with Gasteiger partial charge in [0.1, 0.15) is 6.61 Å². The van der Waals surface area contributed by atoms with E-state index in [2.05, 4.69) is 56.7 Å². The second-order valence-electron chi connectivity index (χ2n) is 11.4. The van der Waals surface area contributed by atoms with Gasteiger partial charge in [-0.25, -0.2) is 9.78 Å². The van der Waals surface area contributed by atoms with E-state index in [0.717, 1.165) is 63.1 Å². The molecule has 0 unspecified atom stereocenters. The van der Waals surface area contributed by atoms with E-state index < -0.39 is 5.97 Å². The second-order valence-corrected chi connectivity index (χ2v) is 11.4. The predicted molar refractivity (Wildman–Crippen MR) is 160 cm³/mol. The van der Waals surface area contributed by atoms with Crippen LogP contribution < -0.4 is 0 Å². The van der Waals surface area contributed by atoms with Gasteiger partial charge >= 0.3 is 11.9 Å². The van der Waals surface area contributed by atoms with Crippen molar-refractivity contribution in [2.45, 2.75) is 85.7 Å². The van der Waals surface area contributed by atoms with Gasteiger partial charge < -0.3 is 19.8 Å². The van der Waals surface area contributed by atoms with Gasteiger partial charge in [0.05, 0.1) is 22.7 Å². The van der Waals surface area contributed by atoms with Crippen LogP contribution in [-0.2, 0) is 33.8 Å². The fourth-order valence-corrected chi connectivity index (χ4v) is 6.77. The molecule has 0 fully saturated rings. The number of aliphatic carboxylic acids is 1. The Balaban J connectivity index is 1.78. The van der Waals surface area contributed by atoms with Gasteiger partial charge in [-0.3, -0.25) is 9.78 Å².